The van der Waals surface area contributed by atoms with Crippen LogP contribution in [0.3, 0.4) is 0 Å². The molecule has 0 aliphatic rings. The molecule has 1 nitrogen and oxygen atoms in total. The molecular weight excluding hydrogens is 179 g/mol. The molecule has 2 N–H and O–H groups in total. The summed E-state index contributed by atoms with van der Waals surface area (Å²) in [5.41, 5.74) is 5.70. The average Bonchev–Trinajstić information content (AvgIpc) is 2.08. The maximum Gasteiger partial charge on any atom is 0.257 e. The standard InChI is InChI=1S/C9H10F3N/c1-5-2-3-7(10)6(4-5)8(13)9(11)12/h2-4,8-9H,13H2,1H3/t8-/m0/s1. The molecule has 0 amide bonds. The van der Waals surface area contributed by atoms with Gasteiger partial charge in [-0.25, -0.2) is 13.2 Å². The number of halogens is 3. The van der Waals surface area contributed by atoms with E-state index in [1.807, 2.05) is 0 Å². The Kier molecular flexibility index (Phi) is 2.93. The first-order valence-corrected chi connectivity index (χ1v) is 3.82. The lowest BCUT2D eigenvalue weighted by Crippen LogP contribution is -2.20. The predicted molar refractivity (Wildman–Crippen MR) is 44.1 cm³/mol. The van der Waals surface area contributed by atoms with E-state index in [1.165, 1.54) is 12.1 Å². The van der Waals surface area contributed by atoms with Crippen LogP contribution in [0.2, 0.25) is 0 Å². The summed E-state index contributed by atoms with van der Waals surface area (Å²) in [4.78, 5) is 0. The lowest BCUT2D eigenvalue weighted by Gasteiger charge is -2.12. The van der Waals surface area contributed by atoms with Crippen LogP contribution in [0.4, 0.5) is 13.2 Å². The van der Waals surface area contributed by atoms with E-state index in [-0.39, 0.29) is 5.56 Å². The highest BCUT2D eigenvalue weighted by atomic mass is 19.3. The third-order valence-electron chi connectivity index (χ3n) is 1.78. The van der Waals surface area contributed by atoms with Gasteiger partial charge in [-0.05, 0) is 13.0 Å². The zero-order chi connectivity index (χ0) is 10.0. The first-order chi connectivity index (χ1) is 6.02. The molecule has 1 atom stereocenters. The fourth-order valence-corrected chi connectivity index (χ4v) is 1.05. The molecule has 1 aromatic rings. The third-order valence-corrected chi connectivity index (χ3v) is 1.78. The molecule has 0 aromatic heterocycles. The molecule has 0 saturated heterocycles. The molecule has 0 saturated carbocycles. The Hall–Kier alpha value is -1.03. The summed E-state index contributed by atoms with van der Waals surface area (Å²) in [6.45, 7) is 1.70. The molecule has 0 unspecified atom stereocenters. The van der Waals surface area contributed by atoms with Crippen molar-refractivity contribution in [2.75, 3.05) is 0 Å². The van der Waals surface area contributed by atoms with Crippen LogP contribution >= 0.6 is 0 Å². The SMILES string of the molecule is Cc1ccc(F)c([C@H](N)C(F)F)c1. The second kappa shape index (κ2) is 3.79. The summed E-state index contributed by atoms with van der Waals surface area (Å²) >= 11 is 0. The van der Waals surface area contributed by atoms with Gasteiger partial charge in [0, 0.05) is 5.56 Å². The Morgan fingerprint density at radius 1 is 1.31 bits per heavy atom. The topological polar surface area (TPSA) is 26.0 Å². The highest BCUT2D eigenvalue weighted by Crippen LogP contribution is 2.21. The molecular formula is C9H10F3N. The summed E-state index contributed by atoms with van der Waals surface area (Å²) in [6, 6.07) is 2.45. The molecule has 0 aliphatic heterocycles. The fraction of sp³-hybridized carbons (Fsp3) is 0.333. The van der Waals surface area contributed by atoms with Gasteiger partial charge in [0.05, 0.1) is 6.04 Å². The van der Waals surface area contributed by atoms with Crippen LogP contribution in [0.1, 0.15) is 17.2 Å². The monoisotopic (exact) mass is 189 g/mol. The Bertz CT molecular complexity index is 299. The molecule has 0 radical (unpaired) electrons. The largest absolute Gasteiger partial charge is 0.319 e. The lowest BCUT2D eigenvalue weighted by molar-refractivity contribution is 0.115. The van der Waals surface area contributed by atoms with Crippen molar-refractivity contribution in [3.05, 3.63) is 35.1 Å². The highest BCUT2D eigenvalue weighted by Gasteiger charge is 2.20. The fourth-order valence-electron chi connectivity index (χ4n) is 1.05. The summed E-state index contributed by atoms with van der Waals surface area (Å²) < 4.78 is 37.2. The Balaban J connectivity index is 3.05. The van der Waals surface area contributed by atoms with Crippen LogP contribution in [0, 0.1) is 12.7 Å². The predicted octanol–water partition coefficient (Wildman–Crippen LogP) is 2.40. The quantitative estimate of drug-likeness (QED) is 0.759. The molecule has 72 valence electrons. The van der Waals surface area contributed by atoms with Crippen molar-refractivity contribution in [3.63, 3.8) is 0 Å². The maximum atomic E-state index is 13.0. The smallest absolute Gasteiger partial charge is 0.257 e. The highest BCUT2D eigenvalue weighted by molar-refractivity contribution is 5.26. The van der Waals surface area contributed by atoms with Gasteiger partial charge in [-0.3, -0.25) is 0 Å². The number of rotatable bonds is 2. The van der Waals surface area contributed by atoms with Crippen molar-refractivity contribution in [1.82, 2.24) is 0 Å². The van der Waals surface area contributed by atoms with Gasteiger partial charge in [0.1, 0.15) is 5.82 Å². The Morgan fingerprint density at radius 3 is 2.46 bits per heavy atom. The minimum Gasteiger partial charge on any atom is -0.319 e. The molecule has 0 fully saturated rings. The number of nitrogens with two attached hydrogens (primary N) is 1. The average molecular weight is 189 g/mol. The molecule has 13 heavy (non-hydrogen) atoms. The van der Waals surface area contributed by atoms with Crippen LogP contribution in [0.25, 0.3) is 0 Å². The summed E-state index contributed by atoms with van der Waals surface area (Å²) in [5, 5.41) is 0. The van der Waals surface area contributed by atoms with Crippen molar-refractivity contribution < 1.29 is 13.2 Å². The third kappa shape index (κ3) is 2.21. The van der Waals surface area contributed by atoms with Gasteiger partial charge in [-0.2, -0.15) is 0 Å². The van der Waals surface area contributed by atoms with Crippen LogP contribution in [-0.2, 0) is 0 Å². The Labute approximate surface area is 74.4 Å². The van der Waals surface area contributed by atoms with Gasteiger partial charge < -0.3 is 5.73 Å². The van der Waals surface area contributed by atoms with Crippen molar-refractivity contribution in [1.29, 1.82) is 0 Å². The molecule has 0 heterocycles. The first kappa shape index (κ1) is 10.1. The van der Waals surface area contributed by atoms with Crippen molar-refractivity contribution in [3.8, 4) is 0 Å². The van der Waals surface area contributed by atoms with Crippen LogP contribution in [0.5, 0.6) is 0 Å². The minimum atomic E-state index is -2.74. The van der Waals surface area contributed by atoms with E-state index >= 15 is 0 Å². The molecule has 0 bridgehead atoms. The van der Waals surface area contributed by atoms with E-state index in [1.54, 1.807) is 6.92 Å². The van der Waals surface area contributed by atoms with E-state index in [0.29, 0.717) is 5.56 Å². The number of benzene rings is 1. The normalized spacial score (nSPS) is 13.4. The van der Waals surface area contributed by atoms with Crippen molar-refractivity contribution in [2.24, 2.45) is 5.73 Å². The van der Waals surface area contributed by atoms with Crippen LogP contribution in [-0.4, -0.2) is 6.43 Å². The number of alkyl halides is 2. The van der Waals surface area contributed by atoms with E-state index in [9.17, 15) is 13.2 Å². The van der Waals surface area contributed by atoms with E-state index in [2.05, 4.69) is 0 Å². The molecule has 0 aliphatic carbocycles. The molecule has 0 spiro atoms. The first-order valence-electron chi connectivity index (χ1n) is 3.82. The number of hydrogen-bond donors (Lipinski definition) is 1. The second-order valence-corrected chi connectivity index (χ2v) is 2.89. The van der Waals surface area contributed by atoms with E-state index in [0.717, 1.165) is 6.07 Å². The van der Waals surface area contributed by atoms with Gasteiger partial charge in [-0.1, -0.05) is 17.7 Å². The number of hydrogen-bond acceptors (Lipinski definition) is 1. The van der Waals surface area contributed by atoms with Crippen molar-refractivity contribution >= 4 is 0 Å². The molecule has 4 heteroatoms. The van der Waals surface area contributed by atoms with Crippen LogP contribution < -0.4 is 5.73 Å². The lowest BCUT2D eigenvalue weighted by atomic mass is 10.0. The van der Waals surface area contributed by atoms with Gasteiger partial charge in [0.25, 0.3) is 6.43 Å². The van der Waals surface area contributed by atoms with Gasteiger partial charge in [-0.15, -0.1) is 0 Å². The number of aryl methyl sites for hydroxylation is 1. The maximum absolute atomic E-state index is 13.0. The Morgan fingerprint density at radius 2 is 1.92 bits per heavy atom. The van der Waals surface area contributed by atoms with Crippen molar-refractivity contribution in [2.45, 2.75) is 19.4 Å². The summed E-state index contributed by atoms with van der Waals surface area (Å²) in [6.07, 6.45) is -2.74. The summed E-state index contributed by atoms with van der Waals surface area (Å²) in [5.74, 6) is -0.682. The van der Waals surface area contributed by atoms with E-state index in [4.69, 9.17) is 5.73 Å². The summed E-state index contributed by atoms with van der Waals surface area (Å²) in [7, 11) is 0. The van der Waals surface area contributed by atoms with Crippen LogP contribution in [0.15, 0.2) is 18.2 Å². The zero-order valence-electron chi connectivity index (χ0n) is 7.10. The molecule has 1 aromatic carbocycles. The zero-order valence-corrected chi connectivity index (χ0v) is 7.10. The minimum absolute atomic E-state index is 0.130. The van der Waals surface area contributed by atoms with E-state index < -0.39 is 18.3 Å². The van der Waals surface area contributed by atoms with Gasteiger partial charge >= 0.3 is 0 Å². The molecule has 1 rings (SSSR count). The second-order valence-electron chi connectivity index (χ2n) is 2.89. The van der Waals surface area contributed by atoms with Gasteiger partial charge in [0.2, 0.25) is 0 Å². The van der Waals surface area contributed by atoms with Gasteiger partial charge in [0.15, 0.2) is 0 Å².